The molecule has 0 spiro atoms. The minimum atomic E-state index is -0.977. The number of hydrogen-bond donors (Lipinski definition) is 2. The molecule has 14 heavy (non-hydrogen) atoms. The first-order valence-corrected chi connectivity index (χ1v) is 4.55. The van der Waals surface area contributed by atoms with Gasteiger partial charge in [0, 0.05) is 6.54 Å². The molecule has 5 nitrogen and oxygen atoms in total. The van der Waals surface area contributed by atoms with Crippen molar-refractivity contribution in [2.45, 2.75) is 12.8 Å². The van der Waals surface area contributed by atoms with Crippen molar-refractivity contribution in [3.05, 3.63) is 17.8 Å². The molecule has 1 aliphatic carbocycles. The fraction of sp³-hybridized carbons (Fsp3) is 0.444. The van der Waals surface area contributed by atoms with Crippen molar-refractivity contribution < 1.29 is 9.90 Å². The maximum Gasteiger partial charge on any atom is 0.337 e. The van der Waals surface area contributed by atoms with E-state index in [1.807, 2.05) is 0 Å². The lowest BCUT2D eigenvalue weighted by molar-refractivity contribution is 0.0696. The number of rotatable bonds is 4. The smallest absolute Gasteiger partial charge is 0.337 e. The number of carboxylic acids is 1. The van der Waals surface area contributed by atoms with E-state index in [9.17, 15) is 4.79 Å². The van der Waals surface area contributed by atoms with Gasteiger partial charge in [0.25, 0.3) is 0 Å². The molecule has 1 saturated carbocycles. The fourth-order valence-corrected chi connectivity index (χ4v) is 1.14. The highest BCUT2D eigenvalue weighted by Gasteiger charge is 2.20. The summed E-state index contributed by atoms with van der Waals surface area (Å²) in [5.74, 6) is 0.288. The number of aromatic carboxylic acids is 1. The van der Waals surface area contributed by atoms with Crippen molar-refractivity contribution >= 4 is 11.8 Å². The van der Waals surface area contributed by atoms with Crippen LogP contribution in [0.2, 0.25) is 0 Å². The summed E-state index contributed by atoms with van der Waals surface area (Å²) >= 11 is 0. The van der Waals surface area contributed by atoms with Crippen LogP contribution in [0.25, 0.3) is 0 Å². The van der Waals surface area contributed by atoms with Crippen LogP contribution in [0, 0.1) is 5.92 Å². The van der Waals surface area contributed by atoms with Crippen LogP contribution in [0.5, 0.6) is 0 Å². The topological polar surface area (TPSA) is 75.1 Å². The Labute approximate surface area is 81.2 Å². The average molecular weight is 193 g/mol. The van der Waals surface area contributed by atoms with E-state index >= 15 is 0 Å². The molecule has 5 heteroatoms. The van der Waals surface area contributed by atoms with Crippen LogP contribution in [-0.4, -0.2) is 27.8 Å². The molecule has 0 aromatic carbocycles. The van der Waals surface area contributed by atoms with E-state index in [1.165, 1.54) is 25.1 Å². The highest BCUT2D eigenvalue weighted by atomic mass is 16.4. The molecule has 2 N–H and O–H groups in total. The molecule has 1 fully saturated rings. The number of nitrogens with zero attached hydrogens (tertiary/aromatic N) is 2. The van der Waals surface area contributed by atoms with Crippen LogP contribution < -0.4 is 5.32 Å². The third-order valence-electron chi connectivity index (χ3n) is 2.17. The molecular weight excluding hydrogens is 182 g/mol. The van der Waals surface area contributed by atoms with E-state index < -0.39 is 5.97 Å². The number of anilines is 1. The highest BCUT2D eigenvalue weighted by Crippen LogP contribution is 2.28. The summed E-state index contributed by atoms with van der Waals surface area (Å²) in [5, 5.41) is 19.2. The number of carbonyl (C=O) groups is 1. The quantitative estimate of drug-likeness (QED) is 0.746. The van der Waals surface area contributed by atoms with Gasteiger partial charge in [-0.2, -0.15) is 5.10 Å². The zero-order valence-corrected chi connectivity index (χ0v) is 7.60. The Hall–Kier alpha value is -1.65. The third-order valence-corrected chi connectivity index (χ3v) is 2.17. The highest BCUT2D eigenvalue weighted by molar-refractivity contribution is 5.87. The Morgan fingerprint density at radius 2 is 2.43 bits per heavy atom. The maximum absolute atomic E-state index is 10.6. The van der Waals surface area contributed by atoms with E-state index in [4.69, 9.17) is 5.11 Å². The molecule has 1 aromatic rings. The standard InChI is InChI=1S/C9H11N3O2/c13-9(14)7-3-8(12-11-5-7)10-4-6-1-2-6/h3,5-6H,1-2,4H2,(H,10,12)(H,13,14). The van der Waals surface area contributed by atoms with Gasteiger partial charge < -0.3 is 10.4 Å². The Kier molecular flexibility index (Phi) is 2.30. The average Bonchev–Trinajstić information content (AvgIpc) is 2.99. The van der Waals surface area contributed by atoms with Gasteiger partial charge in [0.15, 0.2) is 0 Å². The van der Waals surface area contributed by atoms with Crippen LogP contribution in [0.1, 0.15) is 23.2 Å². The van der Waals surface area contributed by atoms with Gasteiger partial charge in [-0.1, -0.05) is 0 Å². The van der Waals surface area contributed by atoms with Crippen LogP contribution >= 0.6 is 0 Å². The monoisotopic (exact) mass is 193 g/mol. The second-order valence-electron chi connectivity index (χ2n) is 3.46. The molecule has 0 saturated heterocycles. The van der Waals surface area contributed by atoms with Crippen molar-refractivity contribution in [2.75, 3.05) is 11.9 Å². The lowest BCUT2D eigenvalue weighted by Gasteiger charge is -2.03. The lowest BCUT2D eigenvalue weighted by atomic mass is 10.3. The van der Waals surface area contributed by atoms with Crippen LogP contribution in [0.3, 0.4) is 0 Å². The predicted octanol–water partition coefficient (Wildman–Crippen LogP) is 0.997. The first-order valence-electron chi connectivity index (χ1n) is 4.55. The summed E-state index contributed by atoms with van der Waals surface area (Å²) in [7, 11) is 0. The zero-order chi connectivity index (χ0) is 9.97. The van der Waals surface area contributed by atoms with Crippen molar-refractivity contribution in [3.8, 4) is 0 Å². The summed E-state index contributed by atoms with van der Waals surface area (Å²) in [5.41, 5.74) is 0.165. The first-order chi connectivity index (χ1) is 6.75. The third kappa shape index (κ3) is 2.18. The second kappa shape index (κ2) is 3.61. The minimum Gasteiger partial charge on any atom is -0.478 e. The molecule has 0 unspecified atom stereocenters. The van der Waals surface area contributed by atoms with Crippen molar-refractivity contribution in [1.82, 2.24) is 10.2 Å². The van der Waals surface area contributed by atoms with Gasteiger partial charge >= 0.3 is 5.97 Å². The number of aromatic nitrogens is 2. The zero-order valence-electron chi connectivity index (χ0n) is 7.60. The van der Waals surface area contributed by atoms with Crippen molar-refractivity contribution in [2.24, 2.45) is 5.92 Å². The predicted molar refractivity (Wildman–Crippen MR) is 50.2 cm³/mol. The largest absolute Gasteiger partial charge is 0.478 e. The Morgan fingerprint density at radius 3 is 3.07 bits per heavy atom. The van der Waals surface area contributed by atoms with E-state index in [2.05, 4.69) is 15.5 Å². The van der Waals surface area contributed by atoms with Crippen LogP contribution in [-0.2, 0) is 0 Å². The Morgan fingerprint density at radius 1 is 1.64 bits per heavy atom. The Balaban J connectivity index is 2.01. The Bertz CT molecular complexity index is 350. The fourth-order valence-electron chi connectivity index (χ4n) is 1.14. The van der Waals surface area contributed by atoms with Crippen LogP contribution in [0.4, 0.5) is 5.82 Å². The van der Waals surface area contributed by atoms with Gasteiger partial charge in [-0.3, -0.25) is 0 Å². The molecular formula is C9H11N3O2. The molecule has 1 heterocycles. The van der Waals surface area contributed by atoms with Gasteiger partial charge in [0.2, 0.25) is 0 Å². The van der Waals surface area contributed by atoms with E-state index in [-0.39, 0.29) is 5.56 Å². The van der Waals surface area contributed by atoms with E-state index in [1.54, 1.807) is 0 Å². The molecule has 0 radical (unpaired) electrons. The summed E-state index contributed by atoms with van der Waals surface area (Å²) in [6.07, 6.45) is 3.74. The van der Waals surface area contributed by atoms with Crippen molar-refractivity contribution in [1.29, 1.82) is 0 Å². The lowest BCUT2D eigenvalue weighted by Crippen LogP contribution is -2.07. The number of hydrogen-bond acceptors (Lipinski definition) is 4. The van der Waals surface area contributed by atoms with Gasteiger partial charge in [-0.05, 0) is 24.8 Å². The number of carboxylic acid groups (broad SMARTS) is 1. The summed E-state index contributed by atoms with van der Waals surface area (Å²) in [6.45, 7) is 0.859. The van der Waals surface area contributed by atoms with Gasteiger partial charge in [-0.15, -0.1) is 5.10 Å². The maximum atomic E-state index is 10.6. The van der Waals surface area contributed by atoms with E-state index in [0.717, 1.165) is 12.5 Å². The molecule has 0 aliphatic heterocycles. The van der Waals surface area contributed by atoms with Crippen LogP contribution in [0.15, 0.2) is 12.3 Å². The summed E-state index contributed by atoms with van der Waals surface area (Å²) in [6, 6.07) is 1.50. The molecule has 1 aromatic heterocycles. The molecule has 0 atom stereocenters. The molecule has 74 valence electrons. The molecule has 0 amide bonds. The first kappa shape index (κ1) is 8.93. The molecule has 2 rings (SSSR count). The SMILES string of the molecule is O=C(O)c1cnnc(NCC2CC2)c1. The van der Waals surface area contributed by atoms with E-state index in [0.29, 0.717) is 5.82 Å². The normalized spacial score (nSPS) is 15.1. The van der Waals surface area contributed by atoms with Gasteiger partial charge in [0.1, 0.15) is 5.82 Å². The molecule has 1 aliphatic rings. The van der Waals surface area contributed by atoms with Gasteiger partial charge in [0.05, 0.1) is 11.8 Å². The second-order valence-corrected chi connectivity index (χ2v) is 3.46. The molecule has 0 bridgehead atoms. The minimum absolute atomic E-state index is 0.165. The summed E-state index contributed by atoms with van der Waals surface area (Å²) < 4.78 is 0. The number of nitrogens with one attached hydrogen (secondary N) is 1. The summed E-state index contributed by atoms with van der Waals surface area (Å²) in [4.78, 5) is 10.6. The van der Waals surface area contributed by atoms with Crippen molar-refractivity contribution in [3.63, 3.8) is 0 Å². The van der Waals surface area contributed by atoms with Gasteiger partial charge in [-0.25, -0.2) is 4.79 Å².